The van der Waals surface area contributed by atoms with Crippen LogP contribution in [-0.4, -0.2) is 33.5 Å². The van der Waals surface area contributed by atoms with Crippen LogP contribution in [-0.2, 0) is 15.9 Å². The van der Waals surface area contributed by atoms with Crippen molar-refractivity contribution in [2.75, 3.05) is 6.79 Å². The summed E-state index contributed by atoms with van der Waals surface area (Å²) in [5.74, 6) is -2.18. The van der Waals surface area contributed by atoms with E-state index >= 15 is 0 Å². The molecule has 180 valence electrons. The lowest BCUT2D eigenvalue weighted by molar-refractivity contribution is 0.0654. The molecule has 1 atom stereocenters. The molecule has 0 bridgehead atoms. The molecule has 0 saturated carbocycles. The van der Waals surface area contributed by atoms with E-state index in [0.29, 0.717) is 11.3 Å². The number of fused-ring (bicyclic) bond motifs is 1. The summed E-state index contributed by atoms with van der Waals surface area (Å²) in [6.45, 7) is -0.0428. The number of pyridine rings is 1. The van der Waals surface area contributed by atoms with Gasteiger partial charge < -0.3 is 19.7 Å². The number of ether oxygens (including phenoxy) is 2. The second kappa shape index (κ2) is 9.42. The van der Waals surface area contributed by atoms with E-state index in [1.165, 1.54) is 29.0 Å². The Bertz CT molecular complexity index is 1560. The van der Waals surface area contributed by atoms with Gasteiger partial charge in [0.05, 0.1) is 5.56 Å². The van der Waals surface area contributed by atoms with Crippen molar-refractivity contribution in [1.82, 2.24) is 4.57 Å². The highest BCUT2D eigenvalue weighted by atomic mass is 16.7. The van der Waals surface area contributed by atoms with Crippen LogP contribution in [0.25, 0.3) is 21.9 Å². The predicted octanol–water partition coefficient (Wildman–Crippen LogP) is 4.69. The quantitative estimate of drug-likeness (QED) is 0.392. The van der Waals surface area contributed by atoms with Crippen LogP contribution in [0.5, 0.6) is 0 Å². The maximum Gasteiger partial charge on any atom is 0.353 e. The van der Waals surface area contributed by atoms with Crippen molar-refractivity contribution in [2.24, 2.45) is 0 Å². The maximum absolute atomic E-state index is 13.9. The van der Waals surface area contributed by atoms with Gasteiger partial charge in [0, 0.05) is 17.4 Å². The molecule has 8 heteroatoms. The standard InChI is InChI=1S/C28H21NO7/c30-26-20-12-11-19(27(31)32)14-21(20)24(18-9-5-2-6-10-18)25(28(33)34)29(26)22(23-15-35-16-36-23)13-17-7-3-1-4-8-17/h1-12,14-15,22H,13,16H2,(H,31,32)(H,33,34). The number of aromatic nitrogens is 1. The molecule has 0 amide bonds. The smallest absolute Gasteiger partial charge is 0.353 e. The van der Waals surface area contributed by atoms with E-state index in [-0.39, 0.29) is 40.8 Å². The molecule has 1 aliphatic rings. The summed E-state index contributed by atoms with van der Waals surface area (Å²) in [7, 11) is 0. The number of hydrogen-bond donors (Lipinski definition) is 2. The van der Waals surface area contributed by atoms with Crippen molar-refractivity contribution in [3.8, 4) is 11.1 Å². The minimum atomic E-state index is -1.33. The number of carbonyl (C=O) groups is 2. The van der Waals surface area contributed by atoms with Crippen LogP contribution in [0.3, 0.4) is 0 Å². The number of aromatic carboxylic acids is 2. The predicted molar refractivity (Wildman–Crippen MR) is 132 cm³/mol. The average molecular weight is 483 g/mol. The average Bonchev–Trinajstić information content (AvgIpc) is 3.43. The van der Waals surface area contributed by atoms with Crippen LogP contribution < -0.4 is 5.56 Å². The van der Waals surface area contributed by atoms with Gasteiger partial charge in [0.2, 0.25) is 6.79 Å². The van der Waals surface area contributed by atoms with Crippen LogP contribution in [0.4, 0.5) is 0 Å². The molecule has 4 aromatic rings. The number of benzene rings is 3. The summed E-state index contributed by atoms with van der Waals surface area (Å²) in [5, 5.41) is 20.5. The third-order valence-corrected chi connectivity index (χ3v) is 6.13. The van der Waals surface area contributed by atoms with Gasteiger partial charge in [-0.25, -0.2) is 9.59 Å². The molecule has 0 saturated heterocycles. The van der Waals surface area contributed by atoms with E-state index in [9.17, 15) is 24.6 Å². The molecule has 1 aliphatic heterocycles. The number of carboxylic acids is 2. The first-order chi connectivity index (χ1) is 17.5. The Morgan fingerprint density at radius 2 is 1.58 bits per heavy atom. The molecule has 8 nitrogen and oxygen atoms in total. The number of hydrogen-bond acceptors (Lipinski definition) is 5. The normalized spacial score (nSPS) is 13.5. The van der Waals surface area contributed by atoms with Gasteiger partial charge in [-0.1, -0.05) is 60.7 Å². The number of allylic oxidation sites excluding steroid dienone is 1. The SMILES string of the molecule is O=C(O)c1ccc2c(=O)n(C(Cc3ccccc3)C3=COCO3)c(C(=O)O)c(-c3ccccc3)c2c1. The van der Waals surface area contributed by atoms with Crippen molar-refractivity contribution in [2.45, 2.75) is 12.5 Å². The van der Waals surface area contributed by atoms with E-state index in [1.807, 2.05) is 30.3 Å². The maximum atomic E-state index is 13.9. The highest BCUT2D eigenvalue weighted by Gasteiger charge is 2.31. The monoisotopic (exact) mass is 483 g/mol. The fourth-order valence-electron chi connectivity index (χ4n) is 4.54. The van der Waals surface area contributed by atoms with Gasteiger partial charge in [-0.05, 0) is 34.7 Å². The molecule has 0 radical (unpaired) electrons. The van der Waals surface area contributed by atoms with Crippen LogP contribution in [0.15, 0.2) is 95.7 Å². The Morgan fingerprint density at radius 3 is 2.19 bits per heavy atom. The topological polar surface area (TPSA) is 115 Å². The van der Waals surface area contributed by atoms with Gasteiger partial charge in [-0.2, -0.15) is 0 Å². The molecule has 2 N–H and O–H groups in total. The van der Waals surface area contributed by atoms with Crippen LogP contribution in [0.2, 0.25) is 0 Å². The number of rotatable bonds is 7. The molecule has 0 aliphatic carbocycles. The fraction of sp³-hybridized carbons (Fsp3) is 0.107. The Labute approximate surface area is 205 Å². The number of carboxylic acid groups (broad SMARTS) is 2. The van der Waals surface area contributed by atoms with Crippen LogP contribution in [0.1, 0.15) is 32.5 Å². The molecular formula is C28H21NO7. The van der Waals surface area contributed by atoms with Gasteiger partial charge >= 0.3 is 11.9 Å². The molecular weight excluding hydrogens is 462 g/mol. The van der Waals surface area contributed by atoms with Gasteiger partial charge in [-0.15, -0.1) is 0 Å². The van der Waals surface area contributed by atoms with Crippen molar-refractivity contribution in [3.05, 3.63) is 118 Å². The molecule has 0 spiro atoms. The van der Waals surface area contributed by atoms with Gasteiger partial charge in [-0.3, -0.25) is 9.36 Å². The number of nitrogens with zero attached hydrogens (tertiary/aromatic N) is 1. The first-order valence-electron chi connectivity index (χ1n) is 11.2. The van der Waals surface area contributed by atoms with Crippen LogP contribution in [0, 0.1) is 0 Å². The first kappa shape index (κ1) is 22.9. The Balaban J connectivity index is 1.89. The Kier molecular flexibility index (Phi) is 6.00. The molecule has 36 heavy (non-hydrogen) atoms. The second-order valence-corrected chi connectivity index (χ2v) is 8.29. The summed E-state index contributed by atoms with van der Waals surface area (Å²) in [6.07, 6.45) is 1.66. The third kappa shape index (κ3) is 4.09. The molecule has 2 heterocycles. The lowest BCUT2D eigenvalue weighted by Crippen LogP contribution is -2.33. The van der Waals surface area contributed by atoms with Crippen molar-refractivity contribution in [3.63, 3.8) is 0 Å². The highest BCUT2D eigenvalue weighted by molar-refractivity contribution is 6.08. The summed E-state index contributed by atoms with van der Waals surface area (Å²) < 4.78 is 12.1. The van der Waals surface area contributed by atoms with Gasteiger partial charge in [0.1, 0.15) is 18.0 Å². The lowest BCUT2D eigenvalue weighted by Gasteiger charge is -2.25. The molecule has 0 fully saturated rings. The largest absolute Gasteiger partial charge is 0.478 e. The highest BCUT2D eigenvalue weighted by Crippen LogP contribution is 2.35. The van der Waals surface area contributed by atoms with Crippen molar-refractivity contribution < 1.29 is 29.3 Å². The van der Waals surface area contributed by atoms with Crippen LogP contribution >= 0.6 is 0 Å². The zero-order chi connectivity index (χ0) is 25.2. The van der Waals surface area contributed by atoms with Crippen molar-refractivity contribution >= 4 is 22.7 Å². The Hall–Kier alpha value is -4.85. The summed E-state index contributed by atoms with van der Waals surface area (Å²) in [6, 6.07) is 21.4. The zero-order valence-corrected chi connectivity index (χ0v) is 19.0. The molecule has 3 aromatic carbocycles. The zero-order valence-electron chi connectivity index (χ0n) is 19.0. The Morgan fingerprint density at radius 1 is 0.889 bits per heavy atom. The second-order valence-electron chi connectivity index (χ2n) is 8.29. The minimum absolute atomic E-state index is 0.0428. The first-order valence-corrected chi connectivity index (χ1v) is 11.2. The minimum Gasteiger partial charge on any atom is -0.478 e. The van der Waals surface area contributed by atoms with Gasteiger partial charge in [0.25, 0.3) is 5.56 Å². The summed E-state index contributed by atoms with van der Waals surface area (Å²) in [5.41, 5.74) is 0.759. The fourth-order valence-corrected chi connectivity index (χ4v) is 4.54. The molecule has 5 rings (SSSR count). The van der Waals surface area contributed by atoms with Crippen molar-refractivity contribution in [1.29, 1.82) is 0 Å². The third-order valence-electron chi connectivity index (χ3n) is 6.13. The molecule has 1 unspecified atom stereocenters. The lowest BCUT2D eigenvalue weighted by atomic mass is 9.94. The van der Waals surface area contributed by atoms with E-state index in [0.717, 1.165) is 5.56 Å². The van der Waals surface area contributed by atoms with E-state index < -0.39 is 23.5 Å². The molecule has 1 aromatic heterocycles. The van der Waals surface area contributed by atoms with Gasteiger partial charge in [0.15, 0.2) is 5.76 Å². The summed E-state index contributed by atoms with van der Waals surface area (Å²) in [4.78, 5) is 38.5. The van der Waals surface area contributed by atoms with E-state index in [2.05, 4.69) is 0 Å². The summed E-state index contributed by atoms with van der Waals surface area (Å²) >= 11 is 0. The van der Waals surface area contributed by atoms with E-state index in [1.54, 1.807) is 30.3 Å². The van der Waals surface area contributed by atoms with E-state index in [4.69, 9.17) is 9.47 Å².